The Bertz CT molecular complexity index is 555. The molecule has 3 rings (SSSR count). The monoisotopic (exact) mass is 382 g/mol. The van der Waals surface area contributed by atoms with Crippen molar-refractivity contribution >= 4 is 27.7 Å². The molecular weight excluding hydrogens is 360 g/mol. The lowest BCUT2D eigenvalue weighted by Crippen LogP contribution is -2.50. The van der Waals surface area contributed by atoms with E-state index in [1.807, 2.05) is 20.5 Å². The molecule has 2 aliphatic heterocycles. The molecule has 1 aromatic heterocycles. The summed E-state index contributed by atoms with van der Waals surface area (Å²) in [6.45, 7) is 3.36. The zero-order chi connectivity index (χ0) is 16.2. The highest BCUT2D eigenvalue weighted by Crippen LogP contribution is 2.17. The van der Waals surface area contributed by atoms with Gasteiger partial charge in [0.15, 0.2) is 5.69 Å². The third-order valence-electron chi connectivity index (χ3n) is 4.58. The van der Waals surface area contributed by atoms with E-state index in [2.05, 4.69) is 21.0 Å². The number of amides is 2. The first-order valence-corrected chi connectivity index (χ1v) is 9.51. The molecule has 0 bridgehead atoms. The maximum atomic E-state index is 12.6. The molecule has 1 aromatic rings. The summed E-state index contributed by atoms with van der Waals surface area (Å²) in [5.74, 6) is 0.188. The van der Waals surface area contributed by atoms with Crippen LogP contribution in [0.2, 0.25) is 0 Å². The molecule has 0 radical (unpaired) electrons. The molecule has 0 atom stereocenters. The third-order valence-corrected chi connectivity index (χ3v) is 5.14. The fourth-order valence-corrected chi connectivity index (χ4v) is 3.50. The normalized spacial score (nSPS) is 18.0. The highest BCUT2D eigenvalue weighted by molar-refractivity contribution is 9.09. The number of carbonyl (C=O) groups excluding carboxylic acids is 2. The fourth-order valence-electron chi connectivity index (χ4n) is 3.22. The van der Waals surface area contributed by atoms with E-state index in [9.17, 15) is 9.59 Å². The van der Waals surface area contributed by atoms with Crippen molar-refractivity contribution < 1.29 is 9.59 Å². The van der Waals surface area contributed by atoms with Gasteiger partial charge in [-0.2, -0.15) is 5.10 Å². The molecule has 2 aliphatic rings. The Morgan fingerprint density at radius 1 is 1.09 bits per heavy atom. The van der Waals surface area contributed by atoms with Crippen LogP contribution in [0.15, 0.2) is 6.07 Å². The van der Waals surface area contributed by atoms with Crippen LogP contribution in [0, 0.1) is 0 Å². The molecule has 0 N–H and O–H groups in total. The van der Waals surface area contributed by atoms with Crippen molar-refractivity contribution in [1.82, 2.24) is 19.6 Å². The minimum absolute atomic E-state index is 0.000503. The molecule has 1 fully saturated rings. The molecule has 0 aliphatic carbocycles. The molecule has 3 heterocycles. The number of piperazine rings is 1. The number of alkyl halides is 1. The van der Waals surface area contributed by atoms with Gasteiger partial charge in [0.25, 0.3) is 5.91 Å². The number of halogens is 1. The van der Waals surface area contributed by atoms with Gasteiger partial charge in [-0.25, -0.2) is 0 Å². The van der Waals surface area contributed by atoms with Gasteiger partial charge in [-0.15, -0.1) is 0 Å². The predicted molar refractivity (Wildman–Crippen MR) is 90.7 cm³/mol. The molecule has 126 valence electrons. The Labute approximate surface area is 144 Å². The molecule has 23 heavy (non-hydrogen) atoms. The van der Waals surface area contributed by atoms with Crippen molar-refractivity contribution in [2.45, 2.75) is 38.6 Å². The van der Waals surface area contributed by atoms with Crippen molar-refractivity contribution in [3.63, 3.8) is 0 Å². The number of aromatic nitrogens is 2. The largest absolute Gasteiger partial charge is 0.339 e. The minimum atomic E-state index is -0.000503. The average Bonchev–Trinajstić information content (AvgIpc) is 3.03. The topological polar surface area (TPSA) is 58.4 Å². The summed E-state index contributed by atoms with van der Waals surface area (Å²) in [4.78, 5) is 28.3. The number of nitrogens with zero attached hydrogens (tertiary/aromatic N) is 4. The van der Waals surface area contributed by atoms with Gasteiger partial charge in [-0.05, 0) is 31.7 Å². The van der Waals surface area contributed by atoms with Crippen LogP contribution in [0.5, 0.6) is 0 Å². The predicted octanol–water partition coefficient (Wildman–Crippen LogP) is 1.68. The molecule has 0 aromatic carbocycles. The van der Waals surface area contributed by atoms with Crippen molar-refractivity contribution in [2.24, 2.45) is 0 Å². The summed E-state index contributed by atoms with van der Waals surface area (Å²) in [5.41, 5.74) is 1.73. The summed E-state index contributed by atoms with van der Waals surface area (Å²) < 4.78 is 1.97. The summed E-state index contributed by atoms with van der Waals surface area (Å²) in [7, 11) is 0. The second kappa shape index (κ2) is 7.47. The second-order valence-electron chi connectivity index (χ2n) is 6.17. The van der Waals surface area contributed by atoms with Crippen LogP contribution in [0.1, 0.15) is 41.9 Å². The number of hydrogen-bond donors (Lipinski definition) is 0. The van der Waals surface area contributed by atoms with Crippen molar-refractivity contribution in [2.75, 3.05) is 31.5 Å². The molecule has 0 spiro atoms. The van der Waals surface area contributed by atoms with Crippen LogP contribution < -0.4 is 0 Å². The number of fused-ring (bicyclic) bond motifs is 1. The van der Waals surface area contributed by atoms with E-state index in [-0.39, 0.29) is 11.8 Å². The Kier molecular flexibility index (Phi) is 5.35. The summed E-state index contributed by atoms with van der Waals surface area (Å²) in [5, 5.41) is 5.31. The van der Waals surface area contributed by atoms with E-state index in [0.717, 1.165) is 31.1 Å². The molecule has 2 amide bonds. The van der Waals surface area contributed by atoms with Gasteiger partial charge < -0.3 is 9.80 Å². The highest BCUT2D eigenvalue weighted by atomic mass is 79.9. The van der Waals surface area contributed by atoms with Crippen molar-refractivity contribution in [3.8, 4) is 0 Å². The molecule has 1 saturated heterocycles. The first-order chi connectivity index (χ1) is 11.2. The van der Waals surface area contributed by atoms with E-state index in [0.29, 0.717) is 38.3 Å². The number of aryl methyl sites for hydroxylation is 2. The van der Waals surface area contributed by atoms with Gasteiger partial charge in [0.05, 0.1) is 0 Å². The van der Waals surface area contributed by atoms with Gasteiger partial charge in [0.1, 0.15) is 0 Å². The van der Waals surface area contributed by atoms with Crippen LogP contribution in [0.3, 0.4) is 0 Å². The van der Waals surface area contributed by atoms with Crippen LogP contribution in [-0.4, -0.2) is 62.9 Å². The van der Waals surface area contributed by atoms with Crippen molar-refractivity contribution in [1.29, 1.82) is 0 Å². The first kappa shape index (κ1) is 16.5. The van der Waals surface area contributed by atoms with Gasteiger partial charge >= 0.3 is 0 Å². The average molecular weight is 383 g/mol. The smallest absolute Gasteiger partial charge is 0.274 e. The van der Waals surface area contributed by atoms with E-state index in [4.69, 9.17) is 0 Å². The Hall–Kier alpha value is -1.37. The molecular formula is C16H23BrN4O2. The molecule has 6 nitrogen and oxygen atoms in total. The molecule has 0 unspecified atom stereocenters. The van der Waals surface area contributed by atoms with Gasteiger partial charge in [0, 0.05) is 50.2 Å². The maximum absolute atomic E-state index is 12.6. The summed E-state index contributed by atoms with van der Waals surface area (Å²) in [6, 6.07) is 1.94. The zero-order valence-electron chi connectivity index (χ0n) is 13.3. The summed E-state index contributed by atoms with van der Waals surface area (Å²) in [6.07, 6.45) is 4.76. The fraction of sp³-hybridized carbons (Fsp3) is 0.688. The second-order valence-corrected chi connectivity index (χ2v) is 6.96. The SMILES string of the molecule is O=C(CCCBr)N1CCN(C(=O)c2cc3n(n2)CCCC3)CC1. The van der Waals surface area contributed by atoms with Crippen LogP contribution >= 0.6 is 15.9 Å². The van der Waals surface area contributed by atoms with Crippen molar-refractivity contribution in [3.05, 3.63) is 17.5 Å². The lowest BCUT2D eigenvalue weighted by molar-refractivity contribution is -0.132. The van der Waals surface area contributed by atoms with Gasteiger partial charge in [0.2, 0.25) is 5.91 Å². The lowest BCUT2D eigenvalue weighted by atomic mass is 10.1. The maximum Gasteiger partial charge on any atom is 0.274 e. The number of carbonyl (C=O) groups is 2. The quantitative estimate of drug-likeness (QED) is 0.744. The number of hydrogen-bond acceptors (Lipinski definition) is 3. The van der Waals surface area contributed by atoms with Gasteiger partial charge in [-0.3, -0.25) is 14.3 Å². The van der Waals surface area contributed by atoms with E-state index >= 15 is 0 Å². The molecule has 7 heteroatoms. The Morgan fingerprint density at radius 2 is 1.83 bits per heavy atom. The van der Waals surface area contributed by atoms with E-state index in [1.165, 1.54) is 12.1 Å². The lowest BCUT2D eigenvalue weighted by Gasteiger charge is -2.34. The van der Waals surface area contributed by atoms with Crippen LogP contribution in [0.4, 0.5) is 0 Å². The van der Waals surface area contributed by atoms with E-state index in [1.54, 1.807) is 0 Å². The minimum Gasteiger partial charge on any atom is -0.339 e. The Morgan fingerprint density at radius 3 is 2.52 bits per heavy atom. The van der Waals surface area contributed by atoms with Crippen LogP contribution in [-0.2, 0) is 17.8 Å². The summed E-state index contributed by atoms with van der Waals surface area (Å²) >= 11 is 3.35. The molecule has 0 saturated carbocycles. The zero-order valence-corrected chi connectivity index (χ0v) is 14.9. The Balaban J connectivity index is 1.56. The van der Waals surface area contributed by atoms with E-state index < -0.39 is 0 Å². The third kappa shape index (κ3) is 3.76. The standard InChI is InChI=1S/C16H23BrN4O2/c17-6-3-5-15(22)19-8-10-20(11-9-19)16(23)14-12-13-4-1-2-7-21(13)18-14/h12H,1-11H2. The number of rotatable bonds is 4. The van der Waals surface area contributed by atoms with Crippen LogP contribution in [0.25, 0.3) is 0 Å². The first-order valence-electron chi connectivity index (χ1n) is 8.39. The highest BCUT2D eigenvalue weighted by Gasteiger charge is 2.26. The van der Waals surface area contributed by atoms with Gasteiger partial charge in [-0.1, -0.05) is 15.9 Å².